The summed E-state index contributed by atoms with van der Waals surface area (Å²) in [6.07, 6.45) is 1.09. The van der Waals surface area contributed by atoms with Crippen LogP contribution < -0.4 is 16.0 Å². The van der Waals surface area contributed by atoms with Crippen LogP contribution in [0.4, 0.5) is 5.69 Å². The van der Waals surface area contributed by atoms with E-state index in [1.54, 1.807) is 12.1 Å². The Morgan fingerprint density at radius 2 is 2.12 bits per heavy atom. The predicted molar refractivity (Wildman–Crippen MR) is 117 cm³/mol. The van der Waals surface area contributed by atoms with E-state index < -0.39 is 28.4 Å². The van der Waals surface area contributed by atoms with Crippen LogP contribution in [0.25, 0.3) is 0 Å². The third-order valence-corrected chi connectivity index (χ3v) is 6.54. The molecule has 3 aliphatic rings. The third kappa shape index (κ3) is 4.55. The first-order chi connectivity index (χ1) is 15.4. The van der Waals surface area contributed by atoms with E-state index in [0.29, 0.717) is 24.3 Å². The number of carbonyl (C=O) groups is 3. The summed E-state index contributed by atoms with van der Waals surface area (Å²) < 4.78 is 4.62. The molecule has 32 heavy (non-hydrogen) atoms. The van der Waals surface area contributed by atoms with E-state index >= 15 is 0 Å². The summed E-state index contributed by atoms with van der Waals surface area (Å²) in [4.78, 5) is 39.1. The molecule has 0 aliphatic carbocycles. The SMILES string of the molecule is CNCCN1CCO[C@H](CCNc2cccc3c2C[N+]([O-])(C2CCC(=O)NC2=O)C3=O)C1. The van der Waals surface area contributed by atoms with Gasteiger partial charge in [0.15, 0.2) is 6.04 Å². The second-order valence-electron chi connectivity index (χ2n) is 8.67. The summed E-state index contributed by atoms with van der Waals surface area (Å²) in [6.45, 7) is 4.99. The van der Waals surface area contributed by atoms with Crippen LogP contribution >= 0.6 is 0 Å². The molecule has 0 bridgehead atoms. The second kappa shape index (κ2) is 9.63. The Labute approximate surface area is 187 Å². The van der Waals surface area contributed by atoms with Crippen molar-refractivity contribution >= 4 is 23.4 Å². The summed E-state index contributed by atoms with van der Waals surface area (Å²) in [7, 11) is 1.94. The first-order valence-electron chi connectivity index (χ1n) is 11.2. The van der Waals surface area contributed by atoms with Crippen molar-refractivity contribution in [2.75, 3.05) is 51.7 Å². The average molecular weight is 446 g/mol. The van der Waals surface area contributed by atoms with Crippen LogP contribution in [0.3, 0.4) is 0 Å². The minimum atomic E-state index is -1.26. The number of nitrogens with one attached hydrogen (secondary N) is 3. The maximum absolute atomic E-state index is 13.5. The number of likely N-dealkylation sites (N-methyl/N-ethyl adjacent to an activating group) is 1. The minimum absolute atomic E-state index is 0.0695. The summed E-state index contributed by atoms with van der Waals surface area (Å²) in [5, 5.41) is 22.2. The van der Waals surface area contributed by atoms with Gasteiger partial charge in [0.05, 0.1) is 18.3 Å². The summed E-state index contributed by atoms with van der Waals surface area (Å²) in [5.74, 6) is -1.68. The monoisotopic (exact) mass is 445 g/mol. The number of rotatable bonds is 8. The Bertz CT molecular complexity index is 893. The number of imide groups is 1. The van der Waals surface area contributed by atoms with Gasteiger partial charge in [0.2, 0.25) is 5.91 Å². The highest BCUT2D eigenvalue weighted by atomic mass is 16.6. The van der Waals surface area contributed by atoms with Gasteiger partial charge in [0.25, 0.3) is 5.91 Å². The first-order valence-corrected chi connectivity index (χ1v) is 11.2. The van der Waals surface area contributed by atoms with Crippen molar-refractivity contribution in [2.24, 2.45) is 0 Å². The molecule has 2 fully saturated rings. The van der Waals surface area contributed by atoms with Gasteiger partial charge in [-0.25, -0.2) is 4.79 Å². The van der Waals surface area contributed by atoms with Crippen LogP contribution in [-0.4, -0.2) is 85.8 Å². The molecule has 10 heteroatoms. The lowest BCUT2D eigenvalue weighted by atomic mass is 10.0. The zero-order chi connectivity index (χ0) is 22.7. The molecule has 174 valence electrons. The van der Waals surface area contributed by atoms with Crippen molar-refractivity contribution in [2.45, 2.75) is 38.0 Å². The van der Waals surface area contributed by atoms with Crippen molar-refractivity contribution in [1.29, 1.82) is 0 Å². The van der Waals surface area contributed by atoms with E-state index in [9.17, 15) is 19.6 Å². The third-order valence-electron chi connectivity index (χ3n) is 6.54. The van der Waals surface area contributed by atoms with E-state index in [1.807, 2.05) is 13.1 Å². The van der Waals surface area contributed by atoms with Gasteiger partial charge in [0.1, 0.15) is 6.54 Å². The van der Waals surface area contributed by atoms with Crippen molar-refractivity contribution in [3.05, 3.63) is 34.5 Å². The van der Waals surface area contributed by atoms with E-state index in [0.717, 1.165) is 38.3 Å². The molecule has 3 N–H and O–H groups in total. The number of hydrogen-bond acceptors (Lipinski definition) is 8. The van der Waals surface area contributed by atoms with Crippen molar-refractivity contribution in [3.63, 3.8) is 0 Å². The van der Waals surface area contributed by atoms with Crippen LogP contribution in [0.1, 0.15) is 35.2 Å². The number of nitrogens with zero attached hydrogens (tertiary/aromatic N) is 2. The Morgan fingerprint density at radius 3 is 2.91 bits per heavy atom. The molecule has 3 heterocycles. The van der Waals surface area contributed by atoms with Gasteiger partial charge < -0.3 is 20.6 Å². The van der Waals surface area contributed by atoms with Crippen molar-refractivity contribution in [3.8, 4) is 0 Å². The lowest BCUT2D eigenvalue weighted by Gasteiger charge is -2.42. The highest BCUT2D eigenvalue weighted by Gasteiger charge is 2.50. The minimum Gasteiger partial charge on any atom is -0.624 e. The van der Waals surface area contributed by atoms with Gasteiger partial charge in [0, 0.05) is 56.8 Å². The van der Waals surface area contributed by atoms with Crippen LogP contribution in [0, 0.1) is 5.21 Å². The predicted octanol–water partition coefficient (Wildman–Crippen LogP) is 0.182. The summed E-state index contributed by atoms with van der Waals surface area (Å²) >= 11 is 0. The molecule has 10 nitrogen and oxygen atoms in total. The lowest BCUT2D eigenvalue weighted by Crippen LogP contribution is -2.60. The largest absolute Gasteiger partial charge is 0.624 e. The molecule has 2 unspecified atom stereocenters. The van der Waals surface area contributed by atoms with E-state index in [1.165, 1.54) is 0 Å². The number of fused-ring (bicyclic) bond motifs is 1. The lowest BCUT2D eigenvalue weighted by molar-refractivity contribution is -0.825. The average Bonchev–Trinajstić information content (AvgIpc) is 3.04. The van der Waals surface area contributed by atoms with E-state index in [2.05, 4.69) is 20.9 Å². The number of hydrogen-bond donors (Lipinski definition) is 3. The van der Waals surface area contributed by atoms with Gasteiger partial charge in [-0.3, -0.25) is 24.5 Å². The van der Waals surface area contributed by atoms with E-state index in [-0.39, 0.29) is 25.5 Å². The normalized spacial score (nSPS) is 28.5. The van der Waals surface area contributed by atoms with Crippen molar-refractivity contribution < 1.29 is 23.8 Å². The molecule has 3 atom stereocenters. The van der Waals surface area contributed by atoms with Crippen LogP contribution in [-0.2, 0) is 20.9 Å². The second-order valence-corrected chi connectivity index (χ2v) is 8.67. The molecule has 1 aromatic carbocycles. The molecule has 3 amide bonds. The Balaban J connectivity index is 1.39. The fraction of sp³-hybridized carbons (Fsp3) is 0.591. The quantitative estimate of drug-likeness (QED) is 0.294. The number of benzene rings is 1. The zero-order valence-electron chi connectivity index (χ0n) is 18.4. The molecule has 0 spiro atoms. The highest BCUT2D eigenvalue weighted by Crippen LogP contribution is 2.37. The smallest absolute Gasteiger partial charge is 0.347 e. The van der Waals surface area contributed by atoms with Gasteiger partial charge in [-0.1, -0.05) is 6.07 Å². The molecular weight excluding hydrogens is 414 g/mol. The number of piperidine rings is 1. The summed E-state index contributed by atoms with van der Waals surface area (Å²) in [6, 6.07) is 4.14. The van der Waals surface area contributed by atoms with E-state index in [4.69, 9.17) is 4.74 Å². The molecular formula is C22H31N5O5. The van der Waals surface area contributed by atoms with Crippen LogP contribution in [0.2, 0.25) is 0 Å². The summed E-state index contributed by atoms with van der Waals surface area (Å²) in [5.41, 5.74) is 1.72. The molecule has 0 aromatic heterocycles. The molecule has 1 aromatic rings. The number of amides is 3. The number of hydroxylamine groups is 3. The van der Waals surface area contributed by atoms with Crippen LogP contribution in [0.15, 0.2) is 18.2 Å². The molecule has 0 radical (unpaired) electrons. The molecule has 4 rings (SSSR count). The first kappa shape index (κ1) is 22.8. The number of ether oxygens (including phenoxy) is 1. The maximum Gasteiger partial charge on any atom is 0.347 e. The fourth-order valence-corrected chi connectivity index (χ4v) is 4.76. The Hall–Kier alpha value is -2.37. The van der Waals surface area contributed by atoms with Gasteiger partial charge in [-0.2, -0.15) is 0 Å². The van der Waals surface area contributed by atoms with Gasteiger partial charge >= 0.3 is 5.91 Å². The number of carbonyl (C=O) groups excluding carboxylic acids is 3. The van der Waals surface area contributed by atoms with Crippen LogP contribution in [0.5, 0.6) is 0 Å². The maximum atomic E-state index is 13.5. The number of quaternary nitrogens is 1. The Kier molecular flexibility index (Phi) is 6.87. The van der Waals surface area contributed by atoms with Gasteiger partial charge in [-0.05, 0) is 25.6 Å². The molecule has 0 saturated carbocycles. The molecule has 2 saturated heterocycles. The molecule has 3 aliphatic heterocycles. The zero-order valence-corrected chi connectivity index (χ0v) is 18.4. The standard InChI is InChI=1S/C22H31N5O5/c1-23-9-10-26-11-12-32-15(13-26)7-8-24-18-4-2-3-16-17(18)14-27(31,22(16)30)19-5-6-20(28)25-21(19)29/h2-4,15,19,23-24H,5-14H2,1H3,(H,25,28,29)/t15-,19?,27?/m1/s1. The topological polar surface area (TPSA) is 123 Å². The Morgan fingerprint density at radius 1 is 1.28 bits per heavy atom. The highest BCUT2D eigenvalue weighted by molar-refractivity contribution is 6.02. The number of anilines is 1. The number of morpholine rings is 1. The van der Waals surface area contributed by atoms with Crippen molar-refractivity contribution in [1.82, 2.24) is 15.5 Å². The fourth-order valence-electron chi connectivity index (χ4n) is 4.76. The van der Waals surface area contributed by atoms with Gasteiger partial charge in [-0.15, -0.1) is 0 Å².